The number of halogens is 1. The van der Waals surface area contributed by atoms with E-state index in [2.05, 4.69) is 15.0 Å². The highest BCUT2D eigenvalue weighted by atomic mass is 19.1. The van der Waals surface area contributed by atoms with Crippen LogP contribution >= 0.6 is 0 Å². The van der Waals surface area contributed by atoms with Crippen molar-refractivity contribution in [1.82, 2.24) is 15.0 Å². The average molecular weight is 281 g/mol. The van der Waals surface area contributed by atoms with Crippen LogP contribution < -0.4 is 5.56 Å². The van der Waals surface area contributed by atoms with Crippen molar-refractivity contribution < 1.29 is 4.39 Å². The maximum absolute atomic E-state index is 13.1. The van der Waals surface area contributed by atoms with Gasteiger partial charge in [-0.1, -0.05) is 12.1 Å². The van der Waals surface area contributed by atoms with E-state index >= 15 is 0 Å². The van der Waals surface area contributed by atoms with Gasteiger partial charge in [0.05, 0.1) is 11.3 Å². The molecule has 3 aromatic rings. The minimum Gasteiger partial charge on any atom is -0.310 e. The number of nitrogens with one attached hydrogen (secondary N) is 1. The molecule has 0 radical (unpaired) electrons. The highest BCUT2D eigenvalue weighted by Crippen LogP contribution is 2.27. The van der Waals surface area contributed by atoms with Gasteiger partial charge in [-0.05, 0) is 36.8 Å². The fourth-order valence-electron chi connectivity index (χ4n) is 2.19. The Hall–Kier alpha value is -2.82. The molecule has 1 N–H and O–H groups in total. The number of nitrogens with zero attached hydrogens (tertiary/aromatic N) is 2. The van der Waals surface area contributed by atoms with Gasteiger partial charge in [0.2, 0.25) is 0 Å². The molecule has 0 atom stereocenters. The van der Waals surface area contributed by atoms with Crippen LogP contribution in [0.3, 0.4) is 0 Å². The Balaban J connectivity index is 2.29. The van der Waals surface area contributed by atoms with Crippen LogP contribution in [-0.2, 0) is 0 Å². The summed E-state index contributed by atoms with van der Waals surface area (Å²) in [5, 5.41) is 0. The summed E-state index contributed by atoms with van der Waals surface area (Å²) in [4.78, 5) is 23.4. The number of rotatable bonds is 2. The van der Waals surface area contributed by atoms with Gasteiger partial charge >= 0.3 is 0 Å². The molecular weight excluding hydrogens is 269 g/mol. The van der Waals surface area contributed by atoms with Gasteiger partial charge < -0.3 is 4.98 Å². The Morgan fingerprint density at radius 3 is 2.33 bits per heavy atom. The second-order valence-electron chi connectivity index (χ2n) is 4.62. The van der Waals surface area contributed by atoms with E-state index in [0.29, 0.717) is 22.6 Å². The maximum Gasteiger partial charge on any atom is 0.259 e. The summed E-state index contributed by atoms with van der Waals surface area (Å²) in [5.74, 6) is 0.179. The predicted molar refractivity (Wildman–Crippen MR) is 78.2 cm³/mol. The Labute approximate surface area is 120 Å². The summed E-state index contributed by atoms with van der Waals surface area (Å²) in [5.41, 5.74) is 2.15. The Kier molecular flexibility index (Phi) is 3.31. The predicted octanol–water partition coefficient (Wildman–Crippen LogP) is 2.95. The molecule has 3 rings (SSSR count). The third kappa shape index (κ3) is 2.58. The fraction of sp³-hybridized carbons (Fsp3) is 0.0625. The molecule has 2 aromatic heterocycles. The van der Waals surface area contributed by atoms with Crippen molar-refractivity contribution in [3.05, 3.63) is 70.8 Å². The van der Waals surface area contributed by atoms with Crippen LogP contribution in [0.2, 0.25) is 0 Å². The van der Waals surface area contributed by atoms with Gasteiger partial charge in [-0.15, -0.1) is 0 Å². The van der Waals surface area contributed by atoms with Crippen molar-refractivity contribution in [1.29, 1.82) is 0 Å². The van der Waals surface area contributed by atoms with Crippen molar-refractivity contribution in [3.63, 3.8) is 0 Å². The number of aryl methyl sites for hydroxylation is 1. The molecule has 0 spiro atoms. The van der Waals surface area contributed by atoms with Gasteiger partial charge in [0.25, 0.3) is 5.56 Å². The molecule has 0 amide bonds. The van der Waals surface area contributed by atoms with Gasteiger partial charge in [0, 0.05) is 18.0 Å². The van der Waals surface area contributed by atoms with Gasteiger partial charge in [0.15, 0.2) is 0 Å². The van der Waals surface area contributed by atoms with Crippen LogP contribution in [0, 0.1) is 12.7 Å². The Morgan fingerprint density at radius 1 is 1.00 bits per heavy atom. The Bertz CT molecular complexity index is 826. The van der Waals surface area contributed by atoms with E-state index in [1.807, 2.05) is 0 Å². The Morgan fingerprint density at radius 2 is 1.67 bits per heavy atom. The topological polar surface area (TPSA) is 58.6 Å². The van der Waals surface area contributed by atoms with Crippen LogP contribution in [0.25, 0.3) is 22.4 Å². The molecule has 0 saturated heterocycles. The van der Waals surface area contributed by atoms with Crippen LogP contribution in [0.1, 0.15) is 5.82 Å². The first-order valence-electron chi connectivity index (χ1n) is 6.42. The quantitative estimate of drug-likeness (QED) is 0.785. The smallest absolute Gasteiger partial charge is 0.259 e. The lowest BCUT2D eigenvalue weighted by molar-refractivity contribution is 0.628. The molecule has 0 saturated carbocycles. The van der Waals surface area contributed by atoms with Crippen LogP contribution in [0.15, 0.2) is 53.6 Å². The maximum atomic E-state index is 13.1. The molecular formula is C16H12FN3O. The average Bonchev–Trinajstić information content (AvgIpc) is 2.49. The number of aromatic nitrogens is 3. The number of pyridine rings is 1. The molecule has 1 aromatic carbocycles. The largest absolute Gasteiger partial charge is 0.310 e. The number of H-pyrrole nitrogens is 1. The number of hydrogen-bond acceptors (Lipinski definition) is 3. The second kappa shape index (κ2) is 5.28. The second-order valence-corrected chi connectivity index (χ2v) is 4.62. The van der Waals surface area contributed by atoms with Gasteiger partial charge in [0.1, 0.15) is 11.6 Å². The van der Waals surface area contributed by atoms with E-state index in [9.17, 15) is 9.18 Å². The summed E-state index contributed by atoms with van der Waals surface area (Å²) < 4.78 is 13.1. The zero-order valence-electron chi connectivity index (χ0n) is 11.3. The molecule has 0 unspecified atom stereocenters. The van der Waals surface area contributed by atoms with Gasteiger partial charge in [-0.2, -0.15) is 0 Å². The zero-order chi connectivity index (χ0) is 14.8. The first kappa shape index (κ1) is 13.2. The molecule has 0 aliphatic carbocycles. The summed E-state index contributed by atoms with van der Waals surface area (Å²) >= 11 is 0. The first-order valence-corrected chi connectivity index (χ1v) is 6.42. The summed E-state index contributed by atoms with van der Waals surface area (Å²) in [6, 6.07) is 9.36. The van der Waals surface area contributed by atoms with Crippen molar-refractivity contribution in [2.45, 2.75) is 6.92 Å². The van der Waals surface area contributed by atoms with Crippen molar-refractivity contribution >= 4 is 0 Å². The lowest BCUT2D eigenvalue weighted by atomic mass is 10.0. The molecule has 0 aliphatic heterocycles. The van der Waals surface area contributed by atoms with Gasteiger partial charge in [-0.25, -0.2) is 9.37 Å². The molecule has 0 aliphatic rings. The third-order valence-corrected chi connectivity index (χ3v) is 3.12. The number of benzene rings is 1. The lowest BCUT2D eigenvalue weighted by Gasteiger charge is -2.09. The third-order valence-electron chi connectivity index (χ3n) is 3.12. The normalized spacial score (nSPS) is 10.6. The van der Waals surface area contributed by atoms with Crippen LogP contribution in [0.4, 0.5) is 4.39 Å². The van der Waals surface area contributed by atoms with Crippen LogP contribution in [0.5, 0.6) is 0 Å². The highest BCUT2D eigenvalue weighted by molar-refractivity contribution is 5.79. The monoisotopic (exact) mass is 281 g/mol. The number of aromatic amines is 1. The van der Waals surface area contributed by atoms with Crippen molar-refractivity contribution in [2.24, 2.45) is 0 Å². The van der Waals surface area contributed by atoms with Crippen molar-refractivity contribution in [2.75, 3.05) is 0 Å². The van der Waals surface area contributed by atoms with E-state index in [1.165, 1.54) is 12.1 Å². The minimum absolute atomic E-state index is 0.249. The van der Waals surface area contributed by atoms with E-state index in [0.717, 1.165) is 5.56 Å². The van der Waals surface area contributed by atoms with E-state index in [1.54, 1.807) is 43.6 Å². The summed E-state index contributed by atoms with van der Waals surface area (Å²) in [6.07, 6.45) is 3.28. The highest BCUT2D eigenvalue weighted by Gasteiger charge is 2.14. The van der Waals surface area contributed by atoms with E-state index < -0.39 is 0 Å². The molecule has 21 heavy (non-hydrogen) atoms. The molecule has 104 valence electrons. The van der Waals surface area contributed by atoms with E-state index in [4.69, 9.17) is 0 Å². The molecule has 0 bridgehead atoms. The zero-order valence-corrected chi connectivity index (χ0v) is 11.3. The lowest BCUT2D eigenvalue weighted by Crippen LogP contribution is -2.14. The van der Waals surface area contributed by atoms with Crippen LogP contribution in [-0.4, -0.2) is 15.0 Å². The SMILES string of the molecule is Cc1nc(-c2ccncc2)c(-c2ccc(F)cc2)c(=O)[nH]1. The van der Waals surface area contributed by atoms with Gasteiger partial charge in [-0.3, -0.25) is 9.78 Å². The minimum atomic E-state index is -0.347. The summed E-state index contributed by atoms with van der Waals surface area (Å²) in [6.45, 7) is 1.72. The molecule has 2 heterocycles. The standard InChI is InChI=1S/C16H12FN3O/c1-10-19-15(12-6-8-18-9-7-12)14(16(21)20-10)11-2-4-13(17)5-3-11/h2-9H,1H3,(H,19,20,21). The number of hydrogen-bond donors (Lipinski definition) is 1. The fourth-order valence-corrected chi connectivity index (χ4v) is 2.19. The molecule has 4 nitrogen and oxygen atoms in total. The first-order chi connectivity index (χ1) is 10.1. The molecule has 0 fully saturated rings. The van der Waals surface area contributed by atoms with E-state index in [-0.39, 0.29) is 11.4 Å². The summed E-state index contributed by atoms with van der Waals surface area (Å²) in [7, 11) is 0. The molecule has 5 heteroatoms. The van der Waals surface area contributed by atoms with Crippen molar-refractivity contribution in [3.8, 4) is 22.4 Å².